The molecule has 0 spiro atoms. The van der Waals surface area contributed by atoms with Crippen LogP contribution in [0.3, 0.4) is 0 Å². The van der Waals surface area contributed by atoms with Crippen LogP contribution in [0.15, 0.2) is 6.20 Å². The van der Waals surface area contributed by atoms with Gasteiger partial charge in [0.15, 0.2) is 0 Å². The lowest BCUT2D eigenvalue weighted by molar-refractivity contribution is -0.187. The highest BCUT2D eigenvalue weighted by molar-refractivity contribution is 5.90. The van der Waals surface area contributed by atoms with E-state index in [1.165, 1.54) is 6.20 Å². The minimum Gasteiger partial charge on any atom is -0.481 e. The minimum absolute atomic E-state index is 0.114. The Balaban J connectivity index is 2.12. The molecule has 1 saturated heterocycles. The maximum atomic E-state index is 13.0. The highest BCUT2D eigenvalue weighted by Crippen LogP contribution is 2.38. The van der Waals surface area contributed by atoms with Gasteiger partial charge < -0.3 is 15.3 Å². The van der Waals surface area contributed by atoms with Crippen molar-refractivity contribution >= 4 is 17.7 Å². The molecule has 1 aliphatic rings. The van der Waals surface area contributed by atoms with Crippen LogP contribution >= 0.6 is 0 Å². The van der Waals surface area contributed by atoms with Gasteiger partial charge in [-0.25, -0.2) is 4.79 Å². The van der Waals surface area contributed by atoms with Gasteiger partial charge in [0, 0.05) is 19.1 Å². The zero-order chi connectivity index (χ0) is 18.9. The quantitative estimate of drug-likeness (QED) is 0.862. The third-order valence-corrected chi connectivity index (χ3v) is 4.64. The SMILES string of the molecule is CCC(C)n1ncc(NC(=O)N2C[C@@H](C(F)(F)F)[C@H](C(=O)O)C2)c1C. The van der Waals surface area contributed by atoms with Crippen molar-refractivity contribution in [3.05, 3.63) is 11.9 Å². The van der Waals surface area contributed by atoms with Gasteiger partial charge >= 0.3 is 18.2 Å². The number of nitrogens with zero attached hydrogens (tertiary/aromatic N) is 3. The lowest BCUT2D eigenvalue weighted by Gasteiger charge is -2.19. The summed E-state index contributed by atoms with van der Waals surface area (Å²) in [7, 11) is 0. The molecule has 2 heterocycles. The van der Waals surface area contributed by atoms with E-state index in [1.54, 1.807) is 11.6 Å². The standard InChI is InChI=1S/C15H21F3N4O3/c1-4-8(2)22-9(3)12(5-19-22)20-14(25)21-6-10(13(23)24)11(7-21)15(16,17)18/h5,8,10-11H,4,6-7H2,1-3H3,(H,20,25)(H,23,24)/t8?,10-,11-/m1/s1. The average Bonchev–Trinajstić information content (AvgIpc) is 3.11. The van der Waals surface area contributed by atoms with Crippen LogP contribution in [0.5, 0.6) is 0 Å². The number of hydrogen-bond acceptors (Lipinski definition) is 3. The van der Waals surface area contributed by atoms with Crippen LogP contribution in [-0.2, 0) is 4.79 Å². The molecule has 1 aromatic rings. The molecule has 3 atom stereocenters. The zero-order valence-corrected chi connectivity index (χ0v) is 14.2. The van der Waals surface area contributed by atoms with E-state index in [-0.39, 0.29) is 6.04 Å². The number of carbonyl (C=O) groups is 2. The second kappa shape index (κ2) is 6.93. The number of nitrogens with one attached hydrogen (secondary N) is 1. The fourth-order valence-electron chi connectivity index (χ4n) is 2.91. The smallest absolute Gasteiger partial charge is 0.394 e. The number of hydrogen-bond donors (Lipinski definition) is 2. The number of aliphatic carboxylic acids is 1. The second-order valence-corrected chi connectivity index (χ2v) is 6.27. The summed E-state index contributed by atoms with van der Waals surface area (Å²) in [6.07, 6.45) is -2.41. The predicted molar refractivity (Wildman–Crippen MR) is 83.2 cm³/mol. The zero-order valence-electron chi connectivity index (χ0n) is 14.2. The van der Waals surface area contributed by atoms with E-state index in [0.717, 1.165) is 11.3 Å². The number of rotatable bonds is 4. The number of likely N-dealkylation sites (tertiary alicyclic amines) is 1. The van der Waals surface area contributed by atoms with Crippen LogP contribution in [0.1, 0.15) is 32.0 Å². The molecule has 0 radical (unpaired) electrons. The Morgan fingerprint density at radius 2 is 2.08 bits per heavy atom. The molecule has 0 aliphatic carbocycles. The van der Waals surface area contributed by atoms with E-state index >= 15 is 0 Å². The van der Waals surface area contributed by atoms with Crippen LogP contribution in [0, 0.1) is 18.8 Å². The number of halogens is 3. The van der Waals surface area contributed by atoms with E-state index < -0.39 is 43.1 Å². The monoisotopic (exact) mass is 362 g/mol. The lowest BCUT2D eigenvalue weighted by Crippen LogP contribution is -2.35. The maximum absolute atomic E-state index is 13.0. The summed E-state index contributed by atoms with van der Waals surface area (Å²) >= 11 is 0. The Morgan fingerprint density at radius 3 is 2.56 bits per heavy atom. The summed E-state index contributed by atoms with van der Waals surface area (Å²) in [6.45, 7) is 4.53. The molecule has 1 aliphatic heterocycles. The summed E-state index contributed by atoms with van der Waals surface area (Å²) in [5.74, 6) is -5.28. The van der Waals surface area contributed by atoms with E-state index in [2.05, 4.69) is 10.4 Å². The average molecular weight is 362 g/mol. The predicted octanol–water partition coefficient (Wildman–Crippen LogP) is 2.89. The number of carboxylic acids is 1. The van der Waals surface area contributed by atoms with Gasteiger partial charge in [0.2, 0.25) is 0 Å². The van der Waals surface area contributed by atoms with Gasteiger partial charge in [-0.05, 0) is 20.3 Å². The molecular weight excluding hydrogens is 341 g/mol. The van der Waals surface area contributed by atoms with Gasteiger partial charge in [-0.1, -0.05) is 6.92 Å². The van der Waals surface area contributed by atoms with Crippen LogP contribution in [0.25, 0.3) is 0 Å². The molecule has 0 bridgehead atoms. The fraction of sp³-hybridized carbons (Fsp3) is 0.667. The Bertz CT molecular complexity index is 659. The van der Waals surface area contributed by atoms with Crippen molar-refractivity contribution in [3.8, 4) is 0 Å². The van der Waals surface area contributed by atoms with E-state index in [1.807, 2.05) is 13.8 Å². The Kier molecular flexibility index (Phi) is 5.28. The van der Waals surface area contributed by atoms with Crippen molar-refractivity contribution in [2.75, 3.05) is 18.4 Å². The molecule has 2 amide bonds. The highest BCUT2D eigenvalue weighted by Gasteiger charge is 2.53. The van der Waals surface area contributed by atoms with Crippen molar-refractivity contribution in [1.29, 1.82) is 0 Å². The number of alkyl halides is 3. The van der Waals surface area contributed by atoms with Gasteiger partial charge in [-0.3, -0.25) is 9.48 Å². The molecule has 10 heteroatoms. The molecule has 2 rings (SSSR count). The van der Waals surface area contributed by atoms with E-state index in [9.17, 15) is 22.8 Å². The fourth-order valence-corrected chi connectivity index (χ4v) is 2.91. The molecule has 1 aromatic heterocycles. The number of carboxylic acid groups (broad SMARTS) is 1. The van der Waals surface area contributed by atoms with Crippen molar-refractivity contribution in [2.45, 2.75) is 39.4 Å². The summed E-state index contributed by atoms with van der Waals surface area (Å²) in [4.78, 5) is 24.2. The summed E-state index contributed by atoms with van der Waals surface area (Å²) in [6, 6.07) is -0.645. The van der Waals surface area contributed by atoms with Crippen molar-refractivity contribution in [2.24, 2.45) is 11.8 Å². The van der Waals surface area contributed by atoms with Gasteiger partial charge in [-0.2, -0.15) is 18.3 Å². The second-order valence-electron chi connectivity index (χ2n) is 6.27. The first-order valence-electron chi connectivity index (χ1n) is 7.95. The first-order valence-corrected chi connectivity index (χ1v) is 7.95. The highest BCUT2D eigenvalue weighted by atomic mass is 19.4. The number of aromatic nitrogens is 2. The molecule has 0 aromatic carbocycles. The summed E-state index contributed by atoms with van der Waals surface area (Å²) in [5, 5.41) is 15.7. The Labute approximate surface area is 142 Å². The largest absolute Gasteiger partial charge is 0.481 e. The molecular formula is C15H21F3N4O3. The van der Waals surface area contributed by atoms with E-state index in [4.69, 9.17) is 5.11 Å². The number of carbonyl (C=O) groups excluding carboxylic acids is 1. The first kappa shape index (κ1) is 19.1. The van der Waals surface area contributed by atoms with Gasteiger partial charge in [0.05, 0.1) is 29.4 Å². The minimum atomic E-state index is -4.67. The Morgan fingerprint density at radius 1 is 1.44 bits per heavy atom. The van der Waals surface area contributed by atoms with Crippen LogP contribution in [0.2, 0.25) is 0 Å². The molecule has 1 unspecified atom stereocenters. The maximum Gasteiger partial charge on any atom is 0.394 e. The van der Waals surface area contributed by atoms with Crippen molar-refractivity contribution < 1.29 is 27.9 Å². The Hall–Kier alpha value is -2.26. The lowest BCUT2D eigenvalue weighted by atomic mass is 9.96. The first-order chi connectivity index (χ1) is 11.6. The normalized spacial score (nSPS) is 22.1. The third kappa shape index (κ3) is 3.88. The third-order valence-electron chi connectivity index (χ3n) is 4.64. The molecule has 140 valence electrons. The van der Waals surface area contributed by atoms with Crippen LogP contribution in [-0.4, -0.2) is 51.1 Å². The molecule has 25 heavy (non-hydrogen) atoms. The summed E-state index contributed by atoms with van der Waals surface area (Å²) < 4.78 is 40.7. The molecule has 7 nitrogen and oxygen atoms in total. The van der Waals surface area contributed by atoms with Gasteiger partial charge in [0.1, 0.15) is 0 Å². The topological polar surface area (TPSA) is 87.5 Å². The van der Waals surface area contributed by atoms with Gasteiger partial charge in [-0.15, -0.1) is 0 Å². The van der Waals surface area contributed by atoms with Crippen molar-refractivity contribution in [1.82, 2.24) is 14.7 Å². The number of anilines is 1. The number of amides is 2. The number of urea groups is 1. The van der Waals surface area contributed by atoms with Crippen molar-refractivity contribution in [3.63, 3.8) is 0 Å². The molecule has 2 N–H and O–H groups in total. The van der Waals surface area contributed by atoms with Crippen LogP contribution in [0.4, 0.5) is 23.7 Å². The molecule has 1 fully saturated rings. The van der Waals surface area contributed by atoms with Gasteiger partial charge in [0.25, 0.3) is 0 Å². The molecule has 0 saturated carbocycles. The summed E-state index contributed by atoms with van der Waals surface area (Å²) in [5.41, 5.74) is 1.08. The van der Waals surface area contributed by atoms with E-state index in [0.29, 0.717) is 11.4 Å². The van der Waals surface area contributed by atoms with Crippen LogP contribution < -0.4 is 5.32 Å².